The summed E-state index contributed by atoms with van der Waals surface area (Å²) < 4.78 is 5.18. The minimum atomic E-state index is -0.208. The largest absolute Gasteiger partial charge is 0.472 e. The van der Waals surface area contributed by atoms with Crippen LogP contribution >= 0.6 is 0 Å². The average molecular weight is 348 g/mol. The van der Waals surface area contributed by atoms with Crippen LogP contribution in [0.1, 0.15) is 25.8 Å². The molecule has 25 heavy (non-hydrogen) atoms. The molecule has 7 heteroatoms. The first kappa shape index (κ1) is 17.8. The molecular formula is C18H28N4O3. The highest BCUT2D eigenvalue weighted by Gasteiger charge is 2.46. The first-order chi connectivity index (χ1) is 11.9. The van der Waals surface area contributed by atoms with E-state index in [1.54, 1.807) is 17.4 Å². The van der Waals surface area contributed by atoms with Crippen LogP contribution in [0.25, 0.3) is 0 Å². The maximum Gasteiger partial charge on any atom is 0.317 e. The Morgan fingerprint density at radius 2 is 2.12 bits per heavy atom. The van der Waals surface area contributed by atoms with Gasteiger partial charge in [0, 0.05) is 69.8 Å². The van der Waals surface area contributed by atoms with Gasteiger partial charge in [-0.05, 0) is 19.9 Å². The molecule has 0 saturated carbocycles. The van der Waals surface area contributed by atoms with Gasteiger partial charge < -0.3 is 19.5 Å². The highest BCUT2D eigenvalue weighted by Crippen LogP contribution is 2.34. The monoisotopic (exact) mass is 348 g/mol. The molecule has 138 valence electrons. The summed E-state index contributed by atoms with van der Waals surface area (Å²) in [7, 11) is 1.85. The number of amides is 3. The Balaban J connectivity index is 1.78. The molecule has 0 unspecified atom stereocenters. The molecule has 2 saturated heterocycles. The molecule has 1 aromatic rings. The van der Waals surface area contributed by atoms with Crippen molar-refractivity contribution in [3.05, 3.63) is 24.2 Å². The van der Waals surface area contributed by atoms with E-state index in [-0.39, 0.29) is 23.4 Å². The third kappa shape index (κ3) is 4.15. The molecule has 7 nitrogen and oxygen atoms in total. The van der Waals surface area contributed by atoms with E-state index >= 15 is 0 Å². The maximum atomic E-state index is 12.6. The van der Waals surface area contributed by atoms with Crippen LogP contribution in [-0.2, 0) is 11.3 Å². The molecular weight excluding hydrogens is 320 g/mol. The molecule has 0 aromatic carbocycles. The highest BCUT2D eigenvalue weighted by atomic mass is 16.3. The van der Waals surface area contributed by atoms with Crippen molar-refractivity contribution in [1.29, 1.82) is 0 Å². The smallest absolute Gasteiger partial charge is 0.317 e. The van der Waals surface area contributed by atoms with Gasteiger partial charge in [0.25, 0.3) is 0 Å². The Labute approximate surface area is 148 Å². The van der Waals surface area contributed by atoms with Gasteiger partial charge in [-0.3, -0.25) is 9.69 Å². The fraction of sp³-hybridized carbons (Fsp3) is 0.667. The van der Waals surface area contributed by atoms with Gasteiger partial charge in [-0.25, -0.2) is 4.79 Å². The molecule has 1 spiro atoms. The normalized spacial score (nSPS) is 25.0. The molecule has 2 aliphatic heterocycles. The second-order valence-corrected chi connectivity index (χ2v) is 7.79. The van der Waals surface area contributed by atoms with Gasteiger partial charge in [0.05, 0.1) is 12.5 Å². The van der Waals surface area contributed by atoms with Crippen LogP contribution in [0.15, 0.2) is 23.0 Å². The van der Waals surface area contributed by atoms with E-state index in [1.807, 2.05) is 31.9 Å². The van der Waals surface area contributed by atoms with Crippen molar-refractivity contribution in [2.75, 3.05) is 39.8 Å². The standard InChI is InChI=1S/C18H28N4O3/c1-14(2)19-17(24)22-6-5-21(9-15-4-7-25-10-15)12-18(13-22)8-16(23)20(3)11-18/h4,7,10,14H,5-6,8-9,11-13H2,1-3H3,(H,19,24)/t18-/m1/s1. The lowest BCUT2D eigenvalue weighted by Gasteiger charge is -2.33. The number of carbonyl (C=O) groups is 2. The van der Waals surface area contributed by atoms with Crippen LogP contribution < -0.4 is 5.32 Å². The Kier molecular flexibility index (Phi) is 5.03. The van der Waals surface area contributed by atoms with Gasteiger partial charge in [0.2, 0.25) is 5.91 Å². The lowest BCUT2D eigenvalue weighted by Crippen LogP contribution is -2.48. The molecule has 0 aliphatic carbocycles. The predicted octanol–water partition coefficient (Wildman–Crippen LogP) is 1.36. The third-order valence-electron chi connectivity index (χ3n) is 4.98. The Morgan fingerprint density at radius 1 is 1.32 bits per heavy atom. The number of furan rings is 1. The first-order valence-corrected chi connectivity index (χ1v) is 8.90. The van der Waals surface area contributed by atoms with Crippen molar-refractivity contribution in [3.63, 3.8) is 0 Å². The fourth-order valence-corrected chi connectivity index (χ4v) is 3.95. The summed E-state index contributed by atoms with van der Waals surface area (Å²) in [4.78, 5) is 30.8. The number of nitrogens with one attached hydrogen (secondary N) is 1. The van der Waals surface area contributed by atoms with E-state index < -0.39 is 0 Å². The molecule has 1 aromatic heterocycles. The van der Waals surface area contributed by atoms with Crippen molar-refractivity contribution in [1.82, 2.24) is 20.0 Å². The number of hydrogen-bond acceptors (Lipinski definition) is 4. The third-order valence-corrected chi connectivity index (χ3v) is 4.98. The van der Waals surface area contributed by atoms with E-state index in [2.05, 4.69) is 10.2 Å². The molecule has 3 amide bonds. The van der Waals surface area contributed by atoms with Gasteiger partial charge in [0.1, 0.15) is 0 Å². The van der Waals surface area contributed by atoms with Crippen LogP contribution in [0, 0.1) is 5.41 Å². The number of rotatable bonds is 3. The number of hydrogen-bond donors (Lipinski definition) is 1. The van der Waals surface area contributed by atoms with Gasteiger partial charge in [-0.15, -0.1) is 0 Å². The Morgan fingerprint density at radius 3 is 2.72 bits per heavy atom. The lowest BCUT2D eigenvalue weighted by molar-refractivity contribution is -0.126. The zero-order valence-corrected chi connectivity index (χ0v) is 15.3. The molecule has 2 aliphatic rings. The molecule has 1 N–H and O–H groups in total. The molecule has 0 bridgehead atoms. The maximum absolute atomic E-state index is 12.6. The second-order valence-electron chi connectivity index (χ2n) is 7.79. The minimum absolute atomic E-state index is 0.0402. The van der Waals surface area contributed by atoms with Crippen molar-refractivity contribution in [3.8, 4) is 0 Å². The summed E-state index contributed by atoms with van der Waals surface area (Å²) in [6.45, 7) is 8.26. The zero-order valence-electron chi connectivity index (χ0n) is 15.3. The number of likely N-dealkylation sites (tertiary alicyclic amines) is 1. The Hall–Kier alpha value is -2.02. The fourth-order valence-electron chi connectivity index (χ4n) is 3.95. The van der Waals surface area contributed by atoms with Crippen molar-refractivity contribution in [2.45, 2.75) is 32.9 Å². The van der Waals surface area contributed by atoms with Gasteiger partial charge in [-0.1, -0.05) is 0 Å². The van der Waals surface area contributed by atoms with E-state index in [9.17, 15) is 9.59 Å². The molecule has 0 radical (unpaired) electrons. The SMILES string of the molecule is CC(C)NC(=O)N1CCN(Cc2ccoc2)C[C@]2(CC(=O)N(C)C2)C1. The molecule has 3 heterocycles. The molecule has 2 fully saturated rings. The summed E-state index contributed by atoms with van der Waals surface area (Å²) in [5, 5.41) is 2.98. The zero-order chi connectivity index (χ0) is 18.0. The molecule has 3 rings (SSSR count). The average Bonchev–Trinajstić information content (AvgIpc) is 3.06. The summed E-state index contributed by atoms with van der Waals surface area (Å²) in [5.74, 6) is 0.161. The van der Waals surface area contributed by atoms with Gasteiger partial charge in [-0.2, -0.15) is 0 Å². The number of nitrogens with zero attached hydrogens (tertiary/aromatic N) is 3. The summed E-state index contributed by atoms with van der Waals surface area (Å²) >= 11 is 0. The van der Waals surface area contributed by atoms with Crippen LogP contribution in [-0.4, -0.2) is 72.5 Å². The summed E-state index contributed by atoms with van der Waals surface area (Å²) in [6.07, 6.45) is 3.93. The van der Waals surface area contributed by atoms with Gasteiger partial charge in [0.15, 0.2) is 0 Å². The van der Waals surface area contributed by atoms with Crippen LogP contribution in [0.5, 0.6) is 0 Å². The van der Waals surface area contributed by atoms with Crippen molar-refractivity contribution < 1.29 is 14.0 Å². The van der Waals surface area contributed by atoms with E-state index in [0.717, 1.165) is 25.2 Å². The van der Waals surface area contributed by atoms with Crippen molar-refractivity contribution in [2.24, 2.45) is 5.41 Å². The molecule has 1 atom stereocenters. The second kappa shape index (κ2) is 7.07. The highest BCUT2D eigenvalue weighted by molar-refractivity contribution is 5.80. The van der Waals surface area contributed by atoms with E-state index in [1.165, 1.54) is 0 Å². The van der Waals surface area contributed by atoms with E-state index in [0.29, 0.717) is 26.1 Å². The van der Waals surface area contributed by atoms with Crippen LogP contribution in [0.3, 0.4) is 0 Å². The number of urea groups is 1. The van der Waals surface area contributed by atoms with Gasteiger partial charge >= 0.3 is 6.03 Å². The summed E-state index contributed by atoms with van der Waals surface area (Å²) in [6, 6.07) is 2.02. The first-order valence-electron chi connectivity index (χ1n) is 8.90. The Bertz CT molecular complexity index is 616. The van der Waals surface area contributed by atoms with Crippen LogP contribution in [0.2, 0.25) is 0 Å². The lowest BCUT2D eigenvalue weighted by atomic mass is 9.86. The van der Waals surface area contributed by atoms with E-state index in [4.69, 9.17) is 4.42 Å². The van der Waals surface area contributed by atoms with Crippen molar-refractivity contribution >= 4 is 11.9 Å². The summed E-state index contributed by atoms with van der Waals surface area (Å²) in [5.41, 5.74) is 0.910. The quantitative estimate of drug-likeness (QED) is 0.896. The minimum Gasteiger partial charge on any atom is -0.472 e. The van der Waals surface area contributed by atoms with Crippen LogP contribution in [0.4, 0.5) is 4.79 Å². The number of carbonyl (C=O) groups excluding carboxylic acids is 2. The topological polar surface area (TPSA) is 69.0 Å². The predicted molar refractivity (Wildman–Crippen MR) is 93.9 cm³/mol.